The number of hydrogen-bond acceptors (Lipinski definition) is 5. The van der Waals surface area contributed by atoms with E-state index in [1.165, 1.54) is 0 Å². The summed E-state index contributed by atoms with van der Waals surface area (Å²) in [6.45, 7) is 0.102. The molecule has 110 valence electrons. The van der Waals surface area contributed by atoms with Crippen LogP contribution in [0.3, 0.4) is 0 Å². The third-order valence-electron chi connectivity index (χ3n) is 3.13. The van der Waals surface area contributed by atoms with E-state index in [-0.39, 0.29) is 24.0 Å². The molecular formula is C11H12F2N2O4S. The van der Waals surface area contributed by atoms with Crippen molar-refractivity contribution >= 4 is 21.2 Å². The Morgan fingerprint density at radius 3 is 2.40 bits per heavy atom. The molecule has 0 aliphatic carbocycles. The van der Waals surface area contributed by atoms with Gasteiger partial charge in [-0.25, -0.2) is 17.2 Å². The highest BCUT2D eigenvalue weighted by atomic mass is 32.2. The number of benzene rings is 1. The molecule has 0 bridgehead atoms. The Morgan fingerprint density at radius 2 is 1.95 bits per heavy atom. The topological polar surface area (TPSA) is 89.3 Å². The summed E-state index contributed by atoms with van der Waals surface area (Å²) in [5.41, 5.74) is -1.14. The minimum absolute atomic E-state index is 0.0176. The summed E-state index contributed by atoms with van der Waals surface area (Å²) in [6.07, 6.45) is 0.436. The molecule has 20 heavy (non-hydrogen) atoms. The van der Waals surface area contributed by atoms with E-state index in [2.05, 4.69) is 5.32 Å². The number of non-ortho nitro benzene ring substituents is 1. The summed E-state index contributed by atoms with van der Waals surface area (Å²) in [7, 11) is -3.05. The molecule has 1 aliphatic rings. The lowest BCUT2D eigenvalue weighted by Gasteiger charge is -2.12. The molecule has 1 aromatic carbocycles. The maximum absolute atomic E-state index is 13.6. The molecule has 1 fully saturated rings. The molecule has 1 atom stereocenters. The van der Waals surface area contributed by atoms with Crippen molar-refractivity contribution in [3.63, 3.8) is 0 Å². The van der Waals surface area contributed by atoms with Crippen LogP contribution in [0.2, 0.25) is 0 Å². The van der Waals surface area contributed by atoms with Crippen LogP contribution in [0.25, 0.3) is 0 Å². The lowest BCUT2D eigenvalue weighted by Crippen LogP contribution is -2.17. The molecule has 1 unspecified atom stereocenters. The molecule has 6 nitrogen and oxygen atoms in total. The van der Waals surface area contributed by atoms with Crippen molar-refractivity contribution in [1.29, 1.82) is 0 Å². The maximum Gasteiger partial charge on any atom is 0.275 e. The second kappa shape index (κ2) is 5.31. The molecule has 1 saturated heterocycles. The van der Waals surface area contributed by atoms with E-state index in [0.717, 1.165) is 0 Å². The number of rotatable bonds is 4. The first-order valence-corrected chi connectivity index (χ1v) is 7.68. The largest absolute Gasteiger partial charge is 0.380 e. The number of nitro groups is 1. The highest BCUT2D eigenvalue weighted by Crippen LogP contribution is 2.26. The molecular weight excluding hydrogens is 294 g/mol. The van der Waals surface area contributed by atoms with Crippen LogP contribution in [0.5, 0.6) is 0 Å². The van der Waals surface area contributed by atoms with E-state index in [1.807, 2.05) is 0 Å². The van der Waals surface area contributed by atoms with Gasteiger partial charge >= 0.3 is 0 Å². The van der Waals surface area contributed by atoms with Crippen molar-refractivity contribution in [3.8, 4) is 0 Å². The second-order valence-corrected chi connectivity index (χ2v) is 6.92. The smallest absolute Gasteiger partial charge is 0.275 e. The molecule has 0 spiro atoms. The zero-order valence-corrected chi connectivity index (χ0v) is 11.1. The van der Waals surface area contributed by atoms with E-state index >= 15 is 0 Å². The van der Waals surface area contributed by atoms with Crippen LogP contribution < -0.4 is 5.32 Å². The molecule has 0 radical (unpaired) electrons. The molecule has 9 heteroatoms. The third-order valence-corrected chi connectivity index (χ3v) is 4.97. The van der Waals surface area contributed by atoms with Gasteiger partial charge in [0, 0.05) is 6.54 Å². The SMILES string of the molecule is O=[N+]([O-])c1cc(F)c(NCC2CCS(=O)(=O)C2)c(F)c1. The van der Waals surface area contributed by atoms with Gasteiger partial charge in [0.2, 0.25) is 0 Å². The number of nitro benzene ring substituents is 1. The Bertz CT molecular complexity index is 625. The van der Waals surface area contributed by atoms with Crippen LogP contribution in [0, 0.1) is 27.7 Å². The number of anilines is 1. The quantitative estimate of drug-likeness (QED) is 0.676. The summed E-state index contributed by atoms with van der Waals surface area (Å²) in [6, 6.07) is 1.24. The van der Waals surface area contributed by atoms with Crippen molar-refractivity contribution < 1.29 is 22.1 Å². The predicted octanol–water partition coefficient (Wildman–Crippen LogP) is 1.72. The van der Waals surface area contributed by atoms with Gasteiger partial charge in [0.1, 0.15) is 5.69 Å². The van der Waals surface area contributed by atoms with Crippen molar-refractivity contribution in [2.24, 2.45) is 5.92 Å². The van der Waals surface area contributed by atoms with E-state index in [9.17, 15) is 27.3 Å². The molecule has 0 aromatic heterocycles. The first-order chi connectivity index (χ1) is 9.28. The monoisotopic (exact) mass is 306 g/mol. The van der Waals surface area contributed by atoms with Gasteiger partial charge in [0.05, 0.1) is 28.6 Å². The third kappa shape index (κ3) is 3.21. The standard InChI is InChI=1S/C11H12F2N2O4S/c12-9-3-8(15(16)17)4-10(13)11(9)14-5-7-1-2-20(18,19)6-7/h3-4,7,14H,1-2,5-6H2. The van der Waals surface area contributed by atoms with E-state index < -0.39 is 37.8 Å². The van der Waals surface area contributed by atoms with Gasteiger partial charge in [-0.15, -0.1) is 0 Å². The Balaban J connectivity index is 2.09. The second-order valence-electron chi connectivity index (χ2n) is 4.69. The minimum atomic E-state index is -3.05. The van der Waals surface area contributed by atoms with E-state index in [1.54, 1.807) is 0 Å². The first kappa shape index (κ1) is 14.6. The van der Waals surface area contributed by atoms with E-state index in [4.69, 9.17) is 0 Å². The Morgan fingerprint density at radius 1 is 1.35 bits per heavy atom. The fourth-order valence-corrected chi connectivity index (χ4v) is 3.98. The molecule has 1 aromatic rings. The van der Waals surface area contributed by atoms with Gasteiger partial charge in [-0.05, 0) is 12.3 Å². The molecule has 0 amide bonds. The van der Waals surface area contributed by atoms with Gasteiger partial charge in [0.25, 0.3) is 5.69 Å². The van der Waals surface area contributed by atoms with Crippen LogP contribution >= 0.6 is 0 Å². The zero-order chi connectivity index (χ0) is 14.9. The van der Waals surface area contributed by atoms with Gasteiger partial charge in [0.15, 0.2) is 21.5 Å². The number of hydrogen-bond donors (Lipinski definition) is 1. The zero-order valence-electron chi connectivity index (χ0n) is 10.3. The number of sulfone groups is 1. The van der Waals surface area contributed by atoms with Crippen molar-refractivity contribution in [2.45, 2.75) is 6.42 Å². The van der Waals surface area contributed by atoms with Crippen LogP contribution in [0.4, 0.5) is 20.2 Å². The van der Waals surface area contributed by atoms with Crippen LogP contribution in [-0.2, 0) is 9.84 Å². The first-order valence-electron chi connectivity index (χ1n) is 5.86. The lowest BCUT2D eigenvalue weighted by atomic mass is 10.1. The number of nitrogens with one attached hydrogen (secondary N) is 1. The summed E-state index contributed by atoms with van der Waals surface area (Å²) >= 11 is 0. The maximum atomic E-state index is 13.6. The van der Waals surface area contributed by atoms with Gasteiger partial charge < -0.3 is 5.32 Å². The molecule has 1 N–H and O–H groups in total. The number of halogens is 2. The van der Waals surface area contributed by atoms with E-state index in [0.29, 0.717) is 18.6 Å². The predicted molar refractivity (Wildman–Crippen MR) is 68.3 cm³/mol. The van der Waals surface area contributed by atoms with Crippen LogP contribution in [0.1, 0.15) is 6.42 Å². The Labute approximate surface area is 113 Å². The van der Waals surface area contributed by atoms with Crippen molar-refractivity contribution in [3.05, 3.63) is 33.9 Å². The Hall–Kier alpha value is -1.77. The van der Waals surface area contributed by atoms with Crippen LogP contribution in [0.15, 0.2) is 12.1 Å². The van der Waals surface area contributed by atoms with Gasteiger partial charge in [-0.2, -0.15) is 0 Å². The normalized spacial score (nSPS) is 20.8. The highest BCUT2D eigenvalue weighted by molar-refractivity contribution is 7.91. The molecule has 0 saturated carbocycles. The van der Waals surface area contributed by atoms with Crippen molar-refractivity contribution in [1.82, 2.24) is 0 Å². The van der Waals surface area contributed by atoms with Gasteiger partial charge in [-0.1, -0.05) is 0 Å². The average Bonchev–Trinajstić information content (AvgIpc) is 2.67. The molecule has 1 aliphatic heterocycles. The Kier molecular flexibility index (Phi) is 3.89. The average molecular weight is 306 g/mol. The van der Waals surface area contributed by atoms with Crippen LogP contribution in [-0.4, -0.2) is 31.4 Å². The highest BCUT2D eigenvalue weighted by Gasteiger charge is 2.28. The minimum Gasteiger partial charge on any atom is -0.380 e. The fourth-order valence-electron chi connectivity index (χ4n) is 2.11. The lowest BCUT2D eigenvalue weighted by molar-refractivity contribution is -0.385. The van der Waals surface area contributed by atoms with Crippen molar-refractivity contribution in [2.75, 3.05) is 23.4 Å². The molecule has 1 heterocycles. The summed E-state index contributed by atoms with van der Waals surface area (Å²) < 4.78 is 49.7. The summed E-state index contributed by atoms with van der Waals surface area (Å²) in [5, 5.41) is 12.9. The summed E-state index contributed by atoms with van der Waals surface area (Å²) in [4.78, 5) is 9.55. The summed E-state index contributed by atoms with van der Waals surface area (Å²) in [5.74, 6) is -2.30. The fraction of sp³-hybridized carbons (Fsp3) is 0.455. The molecule has 2 rings (SSSR count). The number of nitrogens with zero attached hydrogens (tertiary/aromatic N) is 1. The van der Waals surface area contributed by atoms with Gasteiger partial charge in [-0.3, -0.25) is 10.1 Å².